The first-order valence-electron chi connectivity index (χ1n) is 4.68. The van der Waals surface area contributed by atoms with Gasteiger partial charge >= 0.3 is 0 Å². The summed E-state index contributed by atoms with van der Waals surface area (Å²) in [5.41, 5.74) is 6.57. The average Bonchev–Trinajstić information content (AvgIpc) is 2.06. The van der Waals surface area contributed by atoms with Crippen molar-refractivity contribution < 1.29 is 4.79 Å². The minimum Gasteiger partial charge on any atom is -0.398 e. The summed E-state index contributed by atoms with van der Waals surface area (Å²) in [6.45, 7) is 5.81. The lowest BCUT2D eigenvalue weighted by Crippen LogP contribution is -2.40. The van der Waals surface area contributed by atoms with E-state index in [4.69, 9.17) is 5.73 Å². The van der Waals surface area contributed by atoms with Crippen LogP contribution in [0.15, 0.2) is 22.7 Å². The van der Waals surface area contributed by atoms with Crippen LogP contribution in [-0.4, -0.2) is 11.4 Å². The van der Waals surface area contributed by atoms with Gasteiger partial charge in [0.25, 0.3) is 5.91 Å². The molecule has 15 heavy (non-hydrogen) atoms. The minimum absolute atomic E-state index is 0.123. The summed E-state index contributed by atoms with van der Waals surface area (Å²) < 4.78 is 0.645. The zero-order valence-corrected chi connectivity index (χ0v) is 10.7. The number of hydrogen-bond donors (Lipinski definition) is 2. The maximum atomic E-state index is 11.8. The summed E-state index contributed by atoms with van der Waals surface area (Å²) in [7, 11) is 0. The lowest BCUT2D eigenvalue weighted by molar-refractivity contribution is 0.0919. The maximum Gasteiger partial charge on any atom is 0.252 e. The molecule has 0 atom stereocenters. The number of rotatable bonds is 1. The molecule has 0 spiro atoms. The van der Waals surface area contributed by atoms with Gasteiger partial charge in [-0.1, -0.05) is 6.07 Å². The van der Waals surface area contributed by atoms with Crippen molar-refractivity contribution in [2.45, 2.75) is 26.3 Å². The molecule has 3 nitrogen and oxygen atoms in total. The summed E-state index contributed by atoms with van der Waals surface area (Å²) in [5, 5.41) is 2.88. The van der Waals surface area contributed by atoms with Crippen LogP contribution in [-0.2, 0) is 0 Å². The molecule has 0 aliphatic rings. The number of amides is 1. The fourth-order valence-corrected chi connectivity index (χ4v) is 1.58. The van der Waals surface area contributed by atoms with Crippen molar-refractivity contribution in [1.82, 2.24) is 5.32 Å². The van der Waals surface area contributed by atoms with Crippen molar-refractivity contribution in [2.75, 3.05) is 5.73 Å². The monoisotopic (exact) mass is 270 g/mol. The molecule has 0 saturated heterocycles. The lowest BCUT2D eigenvalue weighted by Gasteiger charge is -2.21. The van der Waals surface area contributed by atoms with E-state index in [0.717, 1.165) is 0 Å². The van der Waals surface area contributed by atoms with Crippen LogP contribution in [0, 0.1) is 0 Å². The summed E-state index contributed by atoms with van der Waals surface area (Å²) in [6.07, 6.45) is 0. The van der Waals surface area contributed by atoms with Gasteiger partial charge in [0.2, 0.25) is 0 Å². The summed E-state index contributed by atoms with van der Waals surface area (Å²) >= 11 is 3.30. The van der Waals surface area contributed by atoms with Crippen LogP contribution in [0.5, 0.6) is 0 Å². The second-order valence-electron chi connectivity index (χ2n) is 4.41. The highest BCUT2D eigenvalue weighted by Gasteiger charge is 2.17. The molecule has 1 aromatic rings. The first-order valence-corrected chi connectivity index (χ1v) is 5.47. The fourth-order valence-electron chi connectivity index (χ4n) is 1.13. The Kier molecular flexibility index (Phi) is 3.39. The molecule has 3 N–H and O–H groups in total. The number of anilines is 1. The third-order valence-corrected chi connectivity index (χ3v) is 2.65. The summed E-state index contributed by atoms with van der Waals surface area (Å²) in [4.78, 5) is 11.8. The smallest absolute Gasteiger partial charge is 0.252 e. The normalized spacial score (nSPS) is 11.2. The van der Waals surface area contributed by atoms with Gasteiger partial charge in [-0.2, -0.15) is 0 Å². The number of nitrogens with two attached hydrogens (primary N) is 1. The van der Waals surface area contributed by atoms with E-state index in [9.17, 15) is 4.79 Å². The maximum absolute atomic E-state index is 11.8. The zero-order chi connectivity index (χ0) is 11.6. The van der Waals surface area contributed by atoms with Gasteiger partial charge in [-0.25, -0.2) is 0 Å². The number of benzene rings is 1. The van der Waals surface area contributed by atoms with E-state index in [1.807, 2.05) is 20.8 Å². The highest BCUT2D eigenvalue weighted by Crippen LogP contribution is 2.23. The lowest BCUT2D eigenvalue weighted by atomic mass is 10.1. The zero-order valence-electron chi connectivity index (χ0n) is 9.10. The van der Waals surface area contributed by atoms with E-state index in [1.54, 1.807) is 18.2 Å². The van der Waals surface area contributed by atoms with Crippen LogP contribution in [0.3, 0.4) is 0 Å². The Balaban J connectivity index is 2.97. The van der Waals surface area contributed by atoms with E-state index >= 15 is 0 Å². The predicted octanol–water partition coefficient (Wildman–Crippen LogP) is 2.56. The van der Waals surface area contributed by atoms with Gasteiger partial charge in [-0.15, -0.1) is 0 Å². The Morgan fingerprint density at radius 3 is 2.53 bits per heavy atom. The van der Waals surface area contributed by atoms with E-state index in [0.29, 0.717) is 15.7 Å². The van der Waals surface area contributed by atoms with Crippen LogP contribution in [0.25, 0.3) is 0 Å². The average molecular weight is 271 g/mol. The van der Waals surface area contributed by atoms with Crippen LogP contribution in [0.1, 0.15) is 31.1 Å². The van der Waals surface area contributed by atoms with Crippen molar-refractivity contribution >= 4 is 27.5 Å². The number of carbonyl (C=O) groups is 1. The first kappa shape index (κ1) is 12.0. The number of nitrogens with one attached hydrogen (secondary N) is 1. The third-order valence-electron chi connectivity index (χ3n) is 1.76. The Morgan fingerprint density at radius 2 is 2.00 bits per heavy atom. The van der Waals surface area contributed by atoms with Crippen molar-refractivity contribution in [3.05, 3.63) is 28.2 Å². The molecule has 82 valence electrons. The first-order chi connectivity index (χ1) is 6.81. The second kappa shape index (κ2) is 4.23. The third kappa shape index (κ3) is 3.23. The highest BCUT2D eigenvalue weighted by molar-refractivity contribution is 9.10. The van der Waals surface area contributed by atoms with Crippen molar-refractivity contribution in [2.24, 2.45) is 0 Å². The summed E-state index contributed by atoms with van der Waals surface area (Å²) in [5.74, 6) is -0.123. The minimum atomic E-state index is -0.249. The largest absolute Gasteiger partial charge is 0.398 e. The van der Waals surface area contributed by atoms with Crippen molar-refractivity contribution in [1.29, 1.82) is 0 Å². The van der Waals surface area contributed by atoms with E-state index in [-0.39, 0.29) is 11.4 Å². The topological polar surface area (TPSA) is 55.1 Å². The molecule has 0 heterocycles. The number of hydrogen-bond acceptors (Lipinski definition) is 2. The molecule has 0 unspecified atom stereocenters. The molecule has 4 heteroatoms. The number of nitrogen functional groups attached to an aromatic ring is 1. The molecule has 0 bridgehead atoms. The van der Waals surface area contributed by atoms with Gasteiger partial charge in [0.1, 0.15) is 0 Å². The fraction of sp³-hybridized carbons (Fsp3) is 0.364. The molecule has 0 fully saturated rings. The van der Waals surface area contributed by atoms with Crippen LogP contribution in [0.2, 0.25) is 0 Å². The molecule has 0 aliphatic heterocycles. The molecule has 0 aliphatic carbocycles. The highest BCUT2D eigenvalue weighted by atomic mass is 79.9. The number of carbonyl (C=O) groups excluding carboxylic acids is 1. The molecule has 0 saturated carbocycles. The molecule has 1 rings (SSSR count). The van der Waals surface area contributed by atoms with Gasteiger partial charge < -0.3 is 11.1 Å². The molecule has 0 aromatic heterocycles. The molecular formula is C11H15BrN2O. The van der Waals surface area contributed by atoms with Gasteiger partial charge in [-0.05, 0) is 48.8 Å². The number of halogens is 1. The van der Waals surface area contributed by atoms with E-state index in [2.05, 4.69) is 21.2 Å². The van der Waals surface area contributed by atoms with Crippen molar-refractivity contribution in [3.8, 4) is 0 Å². The Bertz CT molecular complexity index is 383. The standard InChI is InChI=1S/C11H15BrN2O/c1-11(2,3)14-10(15)7-5-4-6-8(13)9(7)12/h4-6H,13H2,1-3H3,(H,14,15). The predicted molar refractivity (Wildman–Crippen MR) is 65.8 cm³/mol. The van der Waals surface area contributed by atoms with Crippen LogP contribution >= 0.6 is 15.9 Å². The molecule has 1 aromatic carbocycles. The SMILES string of the molecule is CC(C)(C)NC(=O)c1cccc(N)c1Br. The van der Waals surface area contributed by atoms with Gasteiger partial charge in [0.15, 0.2) is 0 Å². The van der Waals surface area contributed by atoms with Gasteiger partial charge in [0, 0.05) is 11.2 Å². The van der Waals surface area contributed by atoms with Crippen molar-refractivity contribution in [3.63, 3.8) is 0 Å². The molecule has 1 amide bonds. The Morgan fingerprint density at radius 1 is 1.40 bits per heavy atom. The van der Waals surface area contributed by atoms with Gasteiger partial charge in [0.05, 0.1) is 10.0 Å². The van der Waals surface area contributed by atoms with Gasteiger partial charge in [-0.3, -0.25) is 4.79 Å². The summed E-state index contributed by atoms with van der Waals surface area (Å²) in [6, 6.07) is 5.25. The van der Waals surface area contributed by atoms with Crippen LogP contribution < -0.4 is 11.1 Å². The second-order valence-corrected chi connectivity index (χ2v) is 5.21. The Hall–Kier alpha value is -1.03. The molecular weight excluding hydrogens is 256 g/mol. The van der Waals surface area contributed by atoms with E-state index in [1.165, 1.54) is 0 Å². The quantitative estimate of drug-likeness (QED) is 0.771. The van der Waals surface area contributed by atoms with E-state index < -0.39 is 0 Å². The molecule has 0 radical (unpaired) electrons. The van der Waals surface area contributed by atoms with Crippen LogP contribution in [0.4, 0.5) is 5.69 Å². The Labute approximate surface area is 98.2 Å².